The lowest BCUT2D eigenvalue weighted by Crippen LogP contribution is -2.67. The summed E-state index contributed by atoms with van der Waals surface area (Å²) in [5.41, 5.74) is -3.17. The summed E-state index contributed by atoms with van der Waals surface area (Å²) in [5, 5.41) is 20.8. The molecular weight excluding hydrogens is 233 g/mol. The van der Waals surface area contributed by atoms with Gasteiger partial charge >= 0.3 is 7.60 Å². The number of hydrogen-bond acceptors (Lipinski definition) is 4. The van der Waals surface area contributed by atoms with E-state index in [0.717, 1.165) is 5.06 Å². The SMILES string of the molecule is CC1(C)CC(O)C(P(=O)(O)O)C(C)(C)N1O. The molecule has 1 saturated heterocycles. The molecule has 1 fully saturated rings. The van der Waals surface area contributed by atoms with Crippen LogP contribution in [0.25, 0.3) is 0 Å². The Kier molecular flexibility index (Phi) is 3.32. The van der Waals surface area contributed by atoms with Crippen molar-refractivity contribution in [3.63, 3.8) is 0 Å². The van der Waals surface area contributed by atoms with Crippen LogP contribution in [0.2, 0.25) is 0 Å². The highest BCUT2D eigenvalue weighted by atomic mass is 31.2. The Bertz CT molecular complexity index is 324. The molecule has 0 aliphatic carbocycles. The highest BCUT2D eigenvalue weighted by molar-refractivity contribution is 7.52. The van der Waals surface area contributed by atoms with Crippen LogP contribution in [0, 0.1) is 0 Å². The van der Waals surface area contributed by atoms with Crippen LogP contribution < -0.4 is 0 Å². The second kappa shape index (κ2) is 3.77. The van der Waals surface area contributed by atoms with Crippen LogP contribution >= 0.6 is 7.60 Å². The van der Waals surface area contributed by atoms with Gasteiger partial charge in [0.1, 0.15) is 5.66 Å². The van der Waals surface area contributed by atoms with Gasteiger partial charge in [-0.2, -0.15) is 5.06 Å². The second-order valence-electron chi connectivity index (χ2n) is 5.58. The van der Waals surface area contributed by atoms with Gasteiger partial charge in [-0.3, -0.25) is 4.57 Å². The predicted octanol–water partition coefficient (Wildman–Crippen LogP) is 0.546. The molecule has 1 aliphatic rings. The number of piperidine rings is 1. The fourth-order valence-electron chi connectivity index (χ4n) is 2.72. The summed E-state index contributed by atoms with van der Waals surface area (Å²) in [7, 11) is -4.46. The molecule has 2 unspecified atom stereocenters. The highest BCUT2D eigenvalue weighted by Gasteiger charge is 2.57. The molecule has 0 amide bonds. The van der Waals surface area contributed by atoms with E-state index >= 15 is 0 Å². The molecule has 6 nitrogen and oxygen atoms in total. The molecule has 0 radical (unpaired) electrons. The second-order valence-corrected chi connectivity index (χ2v) is 7.32. The van der Waals surface area contributed by atoms with Gasteiger partial charge in [-0.25, -0.2) is 0 Å². The Morgan fingerprint density at radius 2 is 1.69 bits per heavy atom. The summed E-state index contributed by atoms with van der Waals surface area (Å²) in [4.78, 5) is 18.5. The van der Waals surface area contributed by atoms with Crippen molar-refractivity contribution < 1.29 is 24.7 Å². The van der Waals surface area contributed by atoms with Gasteiger partial charge in [0.15, 0.2) is 0 Å². The van der Waals surface area contributed by atoms with E-state index in [1.165, 1.54) is 13.8 Å². The molecule has 1 rings (SSSR count). The molecule has 1 aliphatic heterocycles. The number of aliphatic hydroxyl groups is 1. The zero-order valence-electron chi connectivity index (χ0n) is 9.95. The molecule has 1 heterocycles. The summed E-state index contributed by atoms with van der Waals surface area (Å²) in [6.45, 7) is 6.46. The summed E-state index contributed by atoms with van der Waals surface area (Å²) in [6, 6.07) is 0. The molecule has 16 heavy (non-hydrogen) atoms. The van der Waals surface area contributed by atoms with E-state index in [1.807, 2.05) is 0 Å². The quantitative estimate of drug-likeness (QED) is 0.509. The van der Waals surface area contributed by atoms with Crippen molar-refractivity contribution in [2.75, 3.05) is 0 Å². The van der Waals surface area contributed by atoms with Gasteiger partial charge in [0.25, 0.3) is 0 Å². The number of aliphatic hydroxyl groups excluding tert-OH is 1. The lowest BCUT2D eigenvalue weighted by atomic mass is 9.80. The fourth-order valence-corrected chi connectivity index (χ4v) is 4.21. The molecule has 0 spiro atoms. The molecule has 0 aromatic carbocycles. The molecule has 0 aromatic heterocycles. The Hall–Kier alpha value is 0.0300. The average molecular weight is 253 g/mol. The Labute approximate surface area is 95.0 Å². The van der Waals surface area contributed by atoms with Crippen LogP contribution in [0.4, 0.5) is 0 Å². The van der Waals surface area contributed by atoms with E-state index in [0.29, 0.717) is 0 Å². The Morgan fingerprint density at radius 1 is 1.25 bits per heavy atom. The normalized spacial score (nSPS) is 35.0. The van der Waals surface area contributed by atoms with Crippen molar-refractivity contribution in [1.82, 2.24) is 5.06 Å². The molecular formula is C9H20NO5P. The first-order valence-electron chi connectivity index (χ1n) is 5.13. The summed E-state index contributed by atoms with van der Waals surface area (Å²) in [6.07, 6.45) is -1.02. The summed E-state index contributed by atoms with van der Waals surface area (Å²) >= 11 is 0. The standard InChI is InChI=1S/C9H20NO5P/c1-8(2)5-6(11)7(16(13,14)15)9(3,4)10(8)12/h6-7,11-12H,5H2,1-4H3,(H2,13,14,15). The van der Waals surface area contributed by atoms with Crippen molar-refractivity contribution in [3.8, 4) is 0 Å². The number of nitrogens with zero attached hydrogens (tertiary/aromatic N) is 1. The van der Waals surface area contributed by atoms with Crippen LogP contribution in [0.1, 0.15) is 34.1 Å². The average Bonchev–Trinajstić information content (AvgIpc) is 1.95. The minimum Gasteiger partial charge on any atom is -0.392 e. The lowest BCUT2D eigenvalue weighted by Gasteiger charge is -2.54. The minimum absolute atomic E-state index is 0.114. The third kappa shape index (κ3) is 2.18. The largest absolute Gasteiger partial charge is 0.392 e. The Morgan fingerprint density at radius 3 is 2.06 bits per heavy atom. The van der Waals surface area contributed by atoms with E-state index in [2.05, 4.69) is 0 Å². The van der Waals surface area contributed by atoms with Crippen molar-refractivity contribution in [2.45, 2.75) is 57.0 Å². The molecule has 96 valence electrons. The maximum Gasteiger partial charge on any atom is 0.333 e. The number of hydrogen-bond donors (Lipinski definition) is 4. The van der Waals surface area contributed by atoms with Crippen molar-refractivity contribution >= 4 is 7.60 Å². The predicted molar refractivity (Wildman–Crippen MR) is 58.2 cm³/mol. The van der Waals surface area contributed by atoms with Gasteiger partial charge in [-0.1, -0.05) is 0 Å². The van der Waals surface area contributed by atoms with Crippen LogP contribution in [0.5, 0.6) is 0 Å². The van der Waals surface area contributed by atoms with Gasteiger partial charge < -0.3 is 20.1 Å². The Balaban J connectivity index is 3.19. The van der Waals surface area contributed by atoms with Gasteiger partial charge in [-0.05, 0) is 34.1 Å². The molecule has 0 bridgehead atoms. The van der Waals surface area contributed by atoms with E-state index < -0.39 is 30.4 Å². The van der Waals surface area contributed by atoms with Crippen LogP contribution in [-0.4, -0.2) is 48.0 Å². The van der Waals surface area contributed by atoms with Crippen molar-refractivity contribution in [3.05, 3.63) is 0 Å². The van der Waals surface area contributed by atoms with Gasteiger partial charge in [0, 0.05) is 5.54 Å². The zero-order chi connectivity index (χ0) is 12.9. The van der Waals surface area contributed by atoms with E-state index in [1.54, 1.807) is 13.8 Å². The maximum absolute atomic E-state index is 11.4. The van der Waals surface area contributed by atoms with E-state index in [4.69, 9.17) is 0 Å². The summed E-state index contributed by atoms with van der Waals surface area (Å²) in [5.74, 6) is 0. The zero-order valence-corrected chi connectivity index (χ0v) is 10.8. The topological polar surface area (TPSA) is 101 Å². The molecule has 7 heteroatoms. The van der Waals surface area contributed by atoms with Gasteiger partial charge in [-0.15, -0.1) is 0 Å². The van der Waals surface area contributed by atoms with Gasteiger partial charge in [0.2, 0.25) is 0 Å². The molecule has 0 saturated carbocycles. The van der Waals surface area contributed by atoms with Crippen LogP contribution in [0.3, 0.4) is 0 Å². The lowest BCUT2D eigenvalue weighted by molar-refractivity contribution is -0.256. The molecule has 2 atom stereocenters. The number of hydroxylamine groups is 2. The first-order chi connectivity index (χ1) is 6.90. The van der Waals surface area contributed by atoms with E-state index in [9.17, 15) is 24.7 Å². The minimum atomic E-state index is -4.46. The molecule has 4 N–H and O–H groups in total. The third-order valence-electron chi connectivity index (χ3n) is 3.28. The first kappa shape index (κ1) is 14.1. The van der Waals surface area contributed by atoms with Crippen molar-refractivity contribution in [1.29, 1.82) is 0 Å². The van der Waals surface area contributed by atoms with Crippen LogP contribution in [-0.2, 0) is 4.57 Å². The fraction of sp³-hybridized carbons (Fsp3) is 1.00. The monoisotopic (exact) mass is 253 g/mol. The third-order valence-corrected chi connectivity index (χ3v) is 4.98. The summed E-state index contributed by atoms with van der Waals surface area (Å²) < 4.78 is 11.4. The van der Waals surface area contributed by atoms with Gasteiger partial charge in [0.05, 0.1) is 11.6 Å². The smallest absolute Gasteiger partial charge is 0.333 e. The van der Waals surface area contributed by atoms with Crippen LogP contribution in [0.15, 0.2) is 0 Å². The van der Waals surface area contributed by atoms with Crippen molar-refractivity contribution in [2.24, 2.45) is 0 Å². The number of rotatable bonds is 1. The maximum atomic E-state index is 11.4. The van der Waals surface area contributed by atoms with E-state index in [-0.39, 0.29) is 6.42 Å². The first-order valence-corrected chi connectivity index (χ1v) is 6.81. The highest BCUT2D eigenvalue weighted by Crippen LogP contribution is 2.54. The molecule has 0 aromatic rings.